The molecule has 0 aliphatic carbocycles. The van der Waals surface area contributed by atoms with Crippen LogP contribution in [-0.2, 0) is 4.79 Å². The van der Waals surface area contributed by atoms with Gasteiger partial charge in [0.1, 0.15) is 18.4 Å². The maximum atomic E-state index is 11.7. The van der Waals surface area contributed by atoms with Crippen LogP contribution in [0, 0.1) is 13.8 Å². The third-order valence-corrected chi connectivity index (χ3v) is 3.53. The predicted molar refractivity (Wildman–Crippen MR) is 68.9 cm³/mol. The Balaban J connectivity index is 2.16. The van der Waals surface area contributed by atoms with Gasteiger partial charge in [0.05, 0.1) is 5.69 Å². The average Bonchev–Trinajstić information content (AvgIpc) is 2.35. The van der Waals surface area contributed by atoms with Gasteiger partial charge in [0, 0.05) is 0 Å². The fraction of sp³-hybridized carbons (Fsp3) is 0.385. The van der Waals surface area contributed by atoms with E-state index in [4.69, 9.17) is 4.74 Å². The lowest BCUT2D eigenvalue weighted by atomic mass is 10.1. The largest absolute Gasteiger partial charge is 0.483 e. The Labute approximate surface area is 105 Å². The highest BCUT2D eigenvalue weighted by atomic mass is 16.5. The van der Waals surface area contributed by atoms with Gasteiger partial charge in [0.15, 0.2) is 5.84 Å². The van der Waals surface area contributed by atoms with Crippen LogP contribution in [0.2, 0.25) is 0 Å². The van der Waals surface area contributed by atoms with Crippen molar-refractivity contribution < 1.29 is 9.53 Å². The lowest BCUT2D eigenvalue weighted by Gasteiger charge is -2.38. The number of amides is 1. The van der Waals surface area contributed by atoms with Gasteiger partial charge in [-0.3, -0.25) is 4.79 Å². The first-order valence-corrected chi connectivity index (χ1v) is 5.97. The number of nitrogens with one attached hydrogen (secondary N) is 1. The Bertz CT molecular complexity index is 566. The van der Waals surface area contributed by atoms with Crippen LogP contribution in [0.4, 0.5) is 5.69 Å². The highest BCUT2D eigenvalue weighted by molar-refractivity contribution is 6.09. The van der Waals surface area contributed by atoms with Crippen molar-refractivity contribution in [2.75, 3.05) is 11.5 Å². The number of nitrogens with zero attached hydrogens (tertiary/aromatic N) is 2. The molecule has 2 aliphatic heterocycles. The fourth-order valence-electron chi connectivity index (χ4n) is 2.28. The van der Waals surface area contributed by atoms with Crippen molar-refractivity contribution in [2.45, 2.75) is 26.8 Å². The Kier molecular flexibility index (Phi) is 2.29. The summed E-state index contributed by atoms with van der Waals surface area (Å²) >= 11 is 0. The maximum absolute atomic E-state index is 11.7. The minimum Gasteiger partial charge on any atom is -0.483 e. The Morgan fingerprint density at radius 2 is 2.11 bits per heavy atom. The zero-order valence-corrected chi connectivity index (χ0v) is 10.7. The number of ether oxygens (including phenoxy) is 1. The smallest absolute Gasteiger partial charge is 0.262 e. The Morgan fingerprint density at radius 1 is 1.39 bits per heavy atom. The normalized spacial score (nSPS) is 21.5. The van der Waals surface area contributed by atoms with Gasteiger partial charge < -0.3 is 9.64 Å². The lowest BCUT2D eigenvalue weighted by Crippen LogP contribution is -2.55. The van der Waals surface area contributed by atoms with E-state index in [0.717, 1.165) is 17.3 Å². The molecule has 18 heavy (non-hydrogen) atoms. The first kappa shape index (κ1) is 11.1. The molecule has 94 valence electrons. The second kappa shape index (κ2) is 3.73. The number of carbonyl (C=O) groups excluding carboxylic acids is 1. The predicted octanol–water partition coefficient (Wildman–Crippen LogP) is 1.33. The molecular formula is C13H15N3O2. The van der Waals surface area contributed by atoms with Crippen LogP contribution < -0.4 is 15.1 Å². The van der Waals surface area contributed by atoms with Gasteiger partial charge in [-0.1, -0.05) is 0 Å². The van der Waals surface area contributed by atoms with E-state index in [9.17, 15) is 4.79 Å². The minimum atomic E-state index is -0.262. The molecule has 5 nitrogen and oxygen atoms in total. The van der Waals surface area contributed by atoms with Crippen LogP contribution >= 0.6 is 0 Å². The molecule has 0 fully saturated rings. The summed E-state index contributed by atoms with van der Waals surface area (Å²) in [6.45, 7) is 6.36. The number of hydrazone groups is 1. The number of amidine groups is 1. The summed E-state index contributed by atoms with van der Waals surface area (Å²) in [5.74, 6) is 1.47. The summed E-state index contributed by atoms with van der Waals surface area (Å²) in [5, 5.41) is 4.05. The quantitative estimate of drug-likeness (QED) is 0.750. The van der Waals surface area contributed by atoms with Gasteiger partial charge >= 0.3 is 0 Å². The first-order valence-electron chi connectivity index (χ1n) is 5.97. The van der Waals surface area contributed by atoms with Crippen LogP contribution in [0.3, 0.4) is 0 Å². The maximum Gasteiger partial charge on any atom is 0.262 e. The number of aryl methyl sites for hydroxylation is 2. The van der Waals surface area contributed by atoms with Crippen LogP contribution in [0.15, 0.2) is 17.2 Å². The summed E-state index contributed by atoms with van der Waals surface area (Å²) in [4.78, 5) is 13.7. The van der Waals surface area contributed by atoms with E-state index in [1.165, 1.54) is 11.1 Å². The van der Waals surface area contributed by atoms with E-state index in [-0.39, 0.29) is 11.9 Å². The molecule has 0 radical (unpaired) electrons. The second-order valence-corrected chi connectivity index (χ2v) is 4.74. The third kappa shape index (κ3) is 1.47. The Hall–Kier alpha value is -2.04. The zero-order chi connectivity index (χ0) is 12.9. The molecule has 1 unspecified atom stereocenters. The summed E-state index contributed by atoms with van der Waals surface area (Å²) in [5.41, 5.74) is 5.80. The monoisotopic (exact) mass is 245 g/mol. The molecular weight excluding hydrogens is 230 g/mol. The number of hydrogen-bond donors (Lipinski definition) is 1. The van der Waals surface area contributed by atoms with Crippen molar-refractivity contribution in [3.8, 4) is 5.75 Å². The van der Waals surface area contributed by atoms with Crippen molar-refractivity contribution in [1.82, 2.24) is 5.43 Å². The molecule has 2 heterocycles. The summed E-state index contributed by atoms with van der Waals surface area (Å²) < 4.78 is 5.69. The molecule has 1 atom stereocenters. The van der Waals surface area contributed by atoms with Gasteiger partial charge in [-0.05, 0) is 44.0 Å². The van der Waals surface area contributed by atoms with Gasteiger partial charge in [-0.25, -0.2) is 5.43 Å². The van der Waals surface area contributed by atoms with Crippen molar-refractivity contribution in [2.24, 2.45) is 5.10 Å². The average molecular weight is 245 g/mol. The Morgan fingerprint density at radius 3 is 2.89 bits per heavy atom. The molecule has 1 aromatic carbocycles. The molecule has 1 N–H and O–H groups in total. The molecule has 3 rings (SSSR count). The van der Waals surface area contributed by atoms with Gasteiger partial charge in [-0.15, -0.1) is 0 Å². The van der Waals surface area contributed by atoms with Crippen LogP contribution in [0.1, 0.15) is 18.1 Å². The minimum absolute atomic E-state index is 0.0928. The van der Waals surface area contributed by atoms with E-state index < -0.39 is 0 Å². The molecule has 0 saturated heterocycles. The molecule has 0 bridgehead atoms. The topological polar surface area (TPSA) is 53.9 Å². The van der Waals surface area contributed by atoms with E-state index in [1.807, 2.05) is 17.9 Å². The van der Waals surface area contributed by atoms with Crippen molar-refractivity contribution in [1.29, 1.82) is 0 Å². The van der Waals surface area contributed by atoms with Crippen molar-refractivity contribution in [3.63, 3.8) is 0 Å². The standard InChI is InChI=1S/C13H15N3O2/c1-7-4-10-11(5-8(7)2)18-6-12-14-15-13(17)9(3)16(10)12/h4-5,9H,6H2,1-3H3,(H,15,17). The van der Waals surface area contributed by atoms with E-state index in [0.29, 0.717) is 6.61 Å². The van der Waals surface area contributed by atoms with E-state index >= 15 is 0 Å². The number of rotatable bonds is 0. The summed E-state index contributed by atoms with van der Waals surface area (Å²) in [7, 11) is 0. The number of anilines is 1. The summed E-state index contributed by atoms with van der Waals surface area (Å²) in [6.07, 6.45) is 0. The molecule has 0 spiro atoms. The molecule has 1 aromatic rings. The number of carbonyl (C=O) groups is 1. The number of benzene rings is 1. The summed E-state index contributed by atoms with van der Waals surface area (Å²) in [6, 6.07) is 3.80. The lowest BCUT2D eigenvalue weighted by molar-refractivity contribution is -0.122. The van der Waals surface area contributed by atoms with Gasteiger partial charge in [0.2, 0.25) is 0 Å². The molecule has 1 amide bonds. The molecule has 5 heteroatoms. The zero-order valence-electron chi connectivity index (χ0n) is 10.7. The van der Waals surface area contributed by atoms with Crippen LogP contribution in [0.25, 0.3) is 0 Å². The van der Waals surface area contributed by atoms with Crippen LogP contribution in [-0.4, -0.2) is 24.4 Å². The molecule has 2 aliphatic rings. The SMILES string of the molecule is Cc1cc2c(cc1C)N1C(=NNC(=O)C1C)CO2. The number of fused-ring (bicyclic) bond motifs is 3. The van der Waals surface area contributed by atoms with E-state index in [2.05, 4.69) is 30.4 Å². The van der Waals surface area contributed by atoms with Gasteiger partial charge in [0.25, 0.3) is 5.91 Å². The van der Waals surface area contributed by atoms with E-state index in [1.54, 1.807) is 0 Å². The highest BCUT2D eigenvalue weighted by Gasteiger charge is 2.35. The van der Waals surface area contributed by atoms with Crippen LogP contribution in [0.5, 0.6) is 5.75 Å². The number of hydrogen-bond acceptors (Lipinski definition) is 4. The fourth-order valence-corrected chi connectivity index (χ4v) is 2.28. The third-order valence-electron chi connectivity index (χ3n) is 3.53. The second-order valence-electron chi connectivity index (χ2n) is 4.74. The molecule has 0 saturated carbocycles. The molecule has 0 aromatic heterocycles. The first-order chi connectivity index (χ1) is 8.58. The highest BCUT2D eigenvalue weighted by Crippen LogP contribution is 2.36. The van der Waals surface area contributed by atoms with Crippen molar-refractivity contribution in [3.05, 3.63) is 23.3 Å². The van der Waals surface area contributed by atoms with Crippen molar-refractivity contribution >= 4 is 17.4 Å². The van der Waals surface area contributed by atoms with Gasteiger partial charge in [-0.2, -0.15) is 5.10 Å².